The number of hydrogen-bond acceptors (Lipinski definition) is 3. The number of carbonyl (C=O) groups is 2. The summed E-state index contributed by atoms with van der Waals surface area (Å²) in [7, 11) is 1.49. The molecule has 1 aliphatic carbocycles. The van der Waals surface area contributed by atoms with Gasteiger partial charge >= 0.3 is 0 Å². The quantitative estimate of drug-likeness (QED) is 0.711. The maximum absolute atomic E-state index is 13.0. The standard InChI is InChI=1S/C23H28N2O3/c1-16(2)12-23(9-10-23)13-20(26)18-11-19(21(27)24-3)22(28)25(15-18)14-17-7-5-4-6-8-17/h4-8,11,15-16H,9-10,12-14H2,1-3H3,(H,24,27). The molecule has 148 valence electrons. The molecule has 0 saturated heterocycles. The number of amides is 1. The summed E-state index contributed by atoms with van der Waals surface area (Å²) < 4.78 is 1.47. The predicted octanol–water partition coefficient (Wildman–Crippen LogP) is 3.66. The summed E-state index contributed by atoms with van der Waals surface area (Å²) in [5.41, 5.74) is 1.10. The van der Waals surface area contributed by atoms with E-state index in [2.05, 4.69) is 19.2 Å². The van der Waals surface area contributed by atoms with Crippen LogP contribution in [-0.2, 0) is 6.54 Å². The summed E-state index contributed by atoms with van der Waals surface area (Å²) in [6, 6.07) is 11.0. The van der Waals surface area contributed by atoms with Crippen LogP contribution in [0.15, 0.2) is 47.4 Å². The SMILES string of the molecule is CNC(=O)c1cc(C(=O)CC2(CC(C)C)CC2)cn(Cc2ccccc2)c1=O. The summed E-state index contributed by atoms with van der Waals surface area (Å²) in [6.07, 6.45) is 5.26. The topological polar surface area (TPSA) is 68.2 Å². The third-order valence-electron chi connectivity index (χ3n) is 5.41. The lowest BCUT2D eigenvalue weighted by molar-refractivity contribution is 0.0947. The smallest absolute Gasteiger partial charge is 0.263 e. The van der Waals surface area contributed by atoms with E-state index in [1.807, 2.05) is 30.3 Å². The highest BCUT2D eigenvalue weighted by atomic mass is 16.2. The average Bonchev–Trinajstić information content (AvgIpc) is 3.41. The molecule has 28 heavy (non-hydrogen) atoms. The summed E-state index contributed by atoms with van der Waals surface area (Å²) in [5.74, 6) is 0.0821. The predicted molar refractivity (Wildman–Crippen MR) is 110 cm³/mol. The molecule has 0 atom stereocenters. The van der Waals surface area contributed by atoms with Gasteiger partial charge in [0.05, 0.1) is 6.54 Å². The lowest BCUT2D eigenvalue weighted by atomic mass is 9.88. The minimum absolute atomic E-state index is 0.00474. The van der Waals surface area contributed by atoms with E-state index in [0.717, 1.165) is 24.8 Å². The number of nitrogens with zero attached hydrogens (tertiary/aromatic N) is 1. The fraction of sp³-hybridized carbons (Fsp3) is 0.435. The molecular weight excluding hydrogens is 352 g/mol. The van der Waals surface area contributed by atoms with Crippen LogP contribution in [0.5, 0.6) is 0 Å². The molecule has 1 amide bonds. The number of aromatic nitrogens is 1. The summed E-state index contributed by atoms with van der Waals surface area (Å²) in [6.45, 7) is 4.67. The van der Waals surface area contributed by atoms with Gasteiger partial charge in [-0.25, -0.2) is 0 Å². The zero-order valence-corrected chi connectivity index (χ0v) is 16.8. The number of benzene rings is 1. The average molecular weight is 380 g/mol. The minimum atomic E-state index is -0.468. The zero-order valence-electron chi connectivity index (χ0n) is 16.8. The van der Waals surface area contributed by atoms with Crippen LogP contribution in [0.2, 0.25) is 0 Å². The number of carbonyl (C=O) groups excluding carboxylic acids is 2. The van der Waals surface area contributed by atoms with Crippen molar-refractivity contribution in [2.45, 2.75) is 46.1 Å². The van der Waals surface area contributed by atoms with Gasteiger partial charge < -0.3 is 9.88 Å². The van der Waals surface area contributed by atoms with E-state index in [4.69, 9.17) is 0 Å². The monoisotopic (exact) mass is 380 g/mol. The second-order valence-electron chi connectivity index (χ2n) is 8.34. The van der Waals surface area contributed by atoms with Crippen LogP contribution in [0.4, 0.5) is 0 Å². The van der Waals surface area contributed by atoms with Crippen molar-refractivity contribution in [3.05, 3.63) is 69.6 Å². The molecule has 1 fully saturated rings. The number of pyridine rings is 1. The maximum Gasteiger partial charge on any atom is 0.263 e. The van der Waals surface area contributed by atoms with Gasteiger partial charge in [0.15, 0.2) is 5.78 Å². The Labute approximate surface area is 165 Å². The Morgan fingerprint density at radius 1 is 1.18 bits per heavy atom. The molecule has 5 heteroatoms. The number of Topliss-reactive ketones (excluding diaryl/α,β-unsaturated/α-hetero) is 1. The zero-order chi connectivity index (χ0) is 20.3. The van der Waals surface area contributed by atoms with Crippen molar-refractivity contribution < 1.29 is 9.59 Å². The number of nitrogens with one attached hydrogen (secondary N) is 1. The molecule has 2 aromatic rings. The normalized spacial score (nSPS) is 14.7. The Hall–Kier alpha value is -2.69. The third-order valence-corrected chi connectivity index (χ3v) is 5.41. The second-order valence-corrected chi connectivity index (χ2v) is 8.34. The molecule has 0 bridgehead atoms. The molecule has 5 nitrogen and oxygen atoms in total. The van der Waals surface area contributed by atoms with Gasteiger partial charge in [-0.2, -0.15) is 0 Å². The molecule has 1 saturated carbocycles. The van der Waals surface area contributed by atoms with E-state index in [0.29, 0.717) is 24.4 Å². The van der Waals surface area contributed by atoms with Gasteiger partial charge in [-0.15, -0.1) is 0 Å². The van der Waals surface area contributed by atoms with Crippen LogP contribution in [-0.4, -0.2) is 23.3 Å². The molecule has 1 aromatic carbocycles. The molecule has 0 spiro atoms. The molecular formula is C23H28N2O3. The molecule has 0 radical (unpaired) electrons. The highest BCUT2D eigenvalue weighted by molar-refractivity contribution is 6.00. The Morgan fingerprint density at radius 3 is 2.43 bits per heavy atom. The maximum atomic E-state index is 13.0. The van der Waals surface area contributed by atoms with Gasteiger partial charge in [-0.3, -0.25) is 14.4 Å². The van der Waals surface area contributed by atoms with Crippen molar-refractivity contribution in [3.8, 4) is 0 Å². The first kappa shape index (κ1) is 20.1. The number of hydrogen-bond donors (Lipinski definition) is 1. The van der Waals surface area contributed by atoms with Crippen LogP contribution in [0.3, 0.4) is 0 Å². The largest absolute Gasteiger partial charge is 0.355 e. The van der Waals surface area contributed by atoms with Crippen molar-refractivity contribution in [1.82, 2.24) is 9.88 Å². The van der Waals surface area contributed by atoms with E-state index in [1.54, 1.807) is 6.20 Å². The highest BCUT2D eigenvalue weighted by Gasteiger charge is 2.44. The minimum Gasteiger partial charge on any atom is -0.355 e. The fourth-order valence-corrected chi connectivity index (χ4v) is 3.92. The fourth-order valence-electron chi connectivity index (χ4n) is 3.92. The van der Waals surface area contributed by atoms with E-state index >= 15 is 0 Å². The van der Waals surface area contributed by atoms with Gasteiger partial charge in [-0.1, -0.05) is 44.2 Å². The molecule has 1 N–H and O–H groups in total. The van der Waals surface area contributed by atoms with Crippen molar-refractivity contribution in [3.63, 3.8) is 0 Å². The molecule has 3 rings (SSSR count). The third kappa shape index (κ3) is 4.58. The van der Waals surface area contributed by atoms with Crippen LogP contribution in [0, 0.1) is 11.3 Å². The Morgan fingerprint density at radius 2 is 1.86 bits per heavy atom. The van der Waals surface area contributed by atoms with Crippen molar-refractivity contribution >= 4 is 11.7 Å². The van der Waals surface area contributed by atoms with Gasteiger partial charge in [0.2, 0.25) is 0 Å². The Bertz CT molecular complexity index is 925. The molecule has 1 aromatic heterocycles. The van der Waals surface area contributed by atoms with Crippen molar-refractivity contribution in [2.24, 2.45) is 11.3 Å². The number of ketones is 1. The second kappa shape index (κ2) is 8.13. The van der Waals surface area contributed by atoms with Crippen molar-refractivity contribution in [1.29, 1.82) is 0 Å². The first-order valence-electron chi connectivity index (χ1n) is 9.87. The Kier molecular flexibility index (Phi) is 5.82. The van der Waals surface area contributed by atoms with E-state index in [9.17, 15) is 14.4 Å². The van der Waals surface area contributed by atoms with Crippen LogP contribution < -0.4 is 10.9 Å². The highest BCUT2D eigenvalue weighted by Crippen LogP contribution is 2.53. The van der Waals surface area contributed by atoms with Gasteiger partial charge in [0.25, 0.3) is 11.5 Å². The van der Waals surface area contributed by atoms with Gasteiger partial charge in [-0.05, 0) is 42.2 Å². The van der Waals surface area contributed by atoms with Crippen LogP contribution in [0.1, 0.15) is 65.8 Å². The molecule has 1 heterocycles. The van der Waals surface area contributed by atoms with E-state index < -0.39 is 5.91 Å². The van der Waals surface area contributed by atoms with Crippen molar-refractivity contribution in [2.75, 3.05) is 7.05 Å². The molecule has 0 unspecified atom stereocenters. The van der Waals surface area contributed by atoms with E-state index in [1.165, 1.54) is 17.7 Å². The number of rotatable bonds is 8. The first-order chi connectivity index (χ1) is 13.3. The van der Waals surface area contributed by atoms with Gasteiger partial charge in [0.1, 0.15) is 5.56 Å². The molecule has 0 aliphatic heterocycles. The molecule has 1 aliphatic rings. The summed E-state index contributed by atoms with van der Waals surface area (Å²) >= 11 is 0. The summed E-state index contributed by atoms with van der Waals surface area (Å²) in [5, 5.41) is 2.50. The lowest BCUT2D eigenvalue weighted by Gasteiger charge is -2.17. The Balaban J connectivity index is 1.94. The van der Waals surface area contributed by atoms with Gasteiger partial charge in [0, 0.05) is 25.2 Å². The van der Waals surface area contributed by atoms with Crippen LogP contribution in [0.25, 0.3) is 0 Å². The first-order valence-corrected chi connectivity index (χ1v) is 9.87. The van der Waals surface area contributed by atoms with E-state index in [-0.39, 0.29) is 22.3 Å². The van der Waals surface area contributed by atoms with Crippen LogP contribution >= 0.6 is 0 Å². The summed E-state index contributed by atoms with van der Waals surface area (Å²) in [4.78, 5) is 38.0. The lowest BCUT2D eigenvalue weighted by Crippen LogP contribution is -2.32.